The van der Waals surface area contributed by atoms with Crippen LogP contribution in [0.5, 0.6) is 5.75 Å². The normalized spacial score (nSPS) is 13.9. The fourth-order valence-corrected chi connectivity index (χ4v) is 3.46. The molecular weight excluding hydrogens is 404 g/mol. The van der Waals surface area contributed by atoms with E-state index in [4.69, 9.17) is 20.8 Å². The van der Waals surface area contributed by atoms with Crippen LogP contribution in [0.4, 0.5) is 5.69 Å². The lowest BCUT2D eigenvalue weighted by atomic mass is 10.0. The van der Waals surface area contributed by atoms with Gasteiger partial charge >= 0.3 is 0 Å². The number of halogens is 1. The van der Waals surface area contributed by atoms with Crippen LogP contribution in [0.25, 0.3) is 5.57 Å². The number of carbonyl (C=O) groups is 2. The quantitative estimate of drug-likeness (QED) is 0.586. The van der Waals surface area contributed by atoms with Crippen LogP contribution in [-0.2, 0) is 16.1 Å². The summed E-state index contributed by atoms with van der Waals surface area (Å²) < 4.78 is 10.7. The van der Waals surface area contributed by atoms with Crippen molar-refractivity contribution in [2.75, 3.05) is 12.4 Å². The highest BCUT2D eigenvalue weighted by Crippen LogP contribution is 2.34. The molecule has 3 aromatic rings. The number of hydrogen-bond donors (Lipinski definition) is 1. The van der Waals surface area contributed by atoms with Crippen LogP contribution in [0.2, 0.25) is 5.02 Å². The summed E-state index contributed by atoms with van der Waals surface area (Å²) in [6, 6.07) is 15.8. The Bertz CT molecular complexity index is 1130. The van der Waals surface area contributed by atoms with Crippen molar-refractivity contribution in [3.8, 4) is 5.75 Å². The van der Waals surface area contributed by atoms with Gasteiger partial charge in [-0.05, 0) is 54.4 Å². The van der Waals surface area contributed by atoms with Gasteiger partial charge in [0.25, 0.3) is 11.8 Å². The summed E-state index contributed by atoms with van der Waals surface area (Å²) in [6.45, 7) is 1.97. The summed E-state index contributed by atoms with van der Waals surface area (Å²) >= 11 is 6.01. The van der Waals surface area contributed by atoms with E-state index in [0.29, 0.717) is 27.8 Å². The summed E-state index contributed by atoms with van der Waals surface area (Å²) in [5.74, 6) is 0.229. The maximum Gasteiger partial charge on any atom is 0.278 e. The largest absolute Gasteiger partial charge is 0.495 e. The molecule has 1 aromatic heterocycles. The molecule has 0 saturated carbocycles. The van der Waals surface area contributed by atoms with Gasteiger partial charge in [-0.3, -0.25) is 14.5 Å². The highest BCUT2D eigenvalue weighted by molar-refractivity contribution is 6.36. The molecule has 0 unspecified atom stereocenters. The summed E-state index contributed by atoms with van der Waals surface area (Å²) in [4.78, 5) is 27.7. The zero-order valence-corrected chi connectivity index (χ0v) is 17.2. The number of anilines is 1. The van der Waals surface area contributed by atoms with E-state index in [1.165, 1.54) is 6.26 Å². The first kappa shape index (κ1) is 19.8. The van der Waals surface area contributed by atoms with Crippen LogP contribution in [-0.4, -0.2) is 23.8 Å². The van der Waals surface area contributed by atoms with Gasteiger partial charge in [0, 0.05) is 5.02 Å². The predicted molar refractivity (Wildman–Crippen MR) is 114 cm³/mol. The van der Waals surface area contributed by atoms with E-state index >= 15 is 0 Å². The fraction of sp³-hybridized carbons (Fsp3) is 0.130. The third kappa shape index (κ3) is 3.69. The summed E-state index contributed by atoms with van der Waals surface area (Å²) in [7, 11) is 1.55. The molecule has 0 aliphatic carbocycles. The number of carbonyl (C=O) groups excluding carboxylic acids is 2. The molecule has 1 N–H and O–H groups in total. The van der Waals surface area contributed by atoms with Crippen molar-refractivity contribution in [1.82, 2.24) is 4.90 Å². The predicted octanol–water partition coefficient (Wildman–Crippen LogP) is 4.64. The molecule has 0 atom stereocenters. The van der Waals surface area contributed by atoms with Crippen LogP contribution in [0.15, 0.2) is 71.0 Å². The van der Waals surface area contributed by atoms with Crippen molar-refractivity contribution in [3.63, 3.8) is 0 Å². The maximum atomic E-state index is 13.3. The van der Waals surface area contributed by atoms with Gasteiger partial charge < -0.3 is 14.5 Å². The third-order valence-corrected chi connectivity index (χ3v) is 5.06. The molecule has 2 heterocycles. The second-order valence-electron chi connectivity index (χ2n) is 6.86. The number of hydrogen-bond acceptors (Lipinski definition) is 5. The first-order chi connectivity index (χ1) is 14.5. The minimum absolute atomic E-state index is 0.0396. The highest BCUT2D eigenvalue weighted by atomic mass is 35.5. The van der Waals surface area contributed by atoms with Gasteiger partial charge in [-0.1, -0.05) is 29.8 Å². The van der Waals surface area contributed by atoms with Gasteiger partial charge in [0.05, 0.1) is 31.2 Å². The van der Waals surface area contributed by atoms with Gasteiger partial charge in [0.2, 0.25) is 0 Å². The first-order valence-corrected chi connectivity index (χ1v) is 9.66. The Labute approximate surface area is 178 Å². The smallest absolute Gasteiger partial charge is 0.278 e. The van der Waals surface area contributed by atoms with Crippen molar-refractivity contribution in [2.45, 2.75) is 13.5 Å². The average Bonchev–Trinajstić information content (AvgIpc) is 3.32. The molecule has 0 saturated heterocycles. The van der Waals surface area contributed by atoms with E-state index in [1.807, 2.05) is 25.1 Å². The summed E-state index contributed by atoms with van der Waals surface area (Å²) in [6.07, 6.45) is 1.50. The van der Waals surface area contributed by atoms with Crippen LogP contribution in [0.1, 0.15) is 16.9 Å². The molecule has 30 heavy (non-hydrogen) atoms. The number of aryl methyl sites for hydroxylation is 1. The number of nitrogens with one attached hydrogen (secondary N) is 1. The van der Waals surface area contributed by atoms with Crippen molar-refractivity contribution < 1.29 is 18.7 Å². The van der Waals surface area contributed by atoms with E-state index in [9.17, 15) is 9.59 Å². The minimum atomic E-state index is -0.440. The van der Waals surface area contributed by atoms with Crippen molar-refractivity contribution >= 4 is 34.7 Å². The van der Waals surface area contributed by atoms with Crippen molar-refractivity contribution in [3.05, 3.63) is 88.5 Å². The van der Waals surface area contributed by atoms with Gasteiger partial charge in [0.15, 0.2) is 0 Å². The van der Waals surface area contributed by atoms with Gasteiger partial charge in [-0.15, -0.1) is 0 Å². The second kappa shape index (κ2) is 8.08. The Kier molecular flexibility index (Phi) is 5.33. The van der Waals surface area contributed by atoms with Gasteiger partial charge in [0.1, 0.15) is 17.2 Å². The molecule has 0 fully saturated rings. The molecule has 1 aliphatic rings. The molecule has 4 rings (SSSR count). The Hall–Kier alpha value is -3.51. The monoisotopic (exact) mass is 422 g/mol. The van der Waals surface area contributed by atoms with Crippen LogP contribution >= 0.6 is 11.6 Å². The summed E-state index contributed by atoms with van der Waals surface area (Å²) in [5.41, 5.74) is 2.62. The molecule has 0 radical (unpaired) electrons. The van der Waals surface area contributed by atoms with E-state index < -0.39 is 11.8 Å². The van der Waals surface area contributed by atoms with Gasteiger partial charge in [-0.25, -0.2) is 0 Å². The number of nitrogens with zero attached hydrogens (tertiary/aromatic N) is 1. The third-order valence-electron chi connectivity index (χ3n) is 4.81. The van der Waals surface area contributed by atoms with E-state index in [-0.39, 0.29) is 17.8 Å². The van der Waals surface area contributed by atoms with E-state index in [0.717, 1.165) is 10.5 Å². The lowest BCUT2D eigenvalue weighted by Crippen LogP contribution is -2.31. The Morgan fingerprint density at radius 1 is 1.07 bits per heavy atom. The molecule has 7 heteroatoms. The molecule has 2 aromatic carbocycles. The molecular formula is C23H19ClN2O4. The SMILES string of the molecule is COc1ccc(C)cc1NC1=C(c2ccc(Cl)cc2)C(=O)N(Cc2ccco2)C1=O. The van der Waals surface area contributed by atoms with Crippen molar-refractivity contribution in [1.29, 1.82) is 0 Å². The molecule has 152 valence electrons. The molecule has 0 spiro atoms. The number of furan rings is 1. The Balaban J connectivity index is 1.79. The standard InChI is InChI=1S/C23H19ClN2O4/c1-14-5-10-19(29-2)18(12-14)25-21-20(15-6-8-16(24)9-7-15)22(27)26(23(21)28)13-17-4-3-11-30-17/h3-12,25H,13H2,1-2H3. The van der Waals surface area contributed by atoms with E-state index in [2.05, 4.69) is 5.32 Å². The number of rotatable bonds is 6. The zero-order valence-electron chi connectivity index (χ0n) is 16.4. The fourth-order valence-electron chi connectivity index (χ4n) is 3.33. The number of methoxy groups -OCH3 is 1. The van der Waals surface area contributed by atoms with Gasteiger partial charge in [-0.2, -0.15) is 0 Å². The molecule has 0 bridgehead atoms. The number of ether oxygens (including phenoxy) is 1. The summed E-state index contributed by atoms with van der Waals surface area (Å²) in [5, 5.41) is 3.67. The highest BCUT2D eigenvalue weighted by Gasteiger charge is 2.39. The van der Waals surface area contributed by atoms with Crippen molar-refractivity contribution in [2.24, 2.45) is 0 Å². The number of amides is 2. The minimum Gasteiger partial charge on any atom is -0.495 e. The van der Waals surface area contributed by atoms with E-state index in [1.54, 1.807) is 43.5 Å². The Morgan fingerprint density at radius 2 is 1.83 bits per heavy atom. The second-order valence-corrected chi connectivity index (χ2v) is 7.30. The number of benzene rings is 2. The topological polar surface area (TPSA) is 71.8 Å². The zero-order chi connectivity index (χ0) is 21.3. The molecule has 6 nitrogen and oxygen atoms in total. The van der Waals surface area contributed by atoms with Crippen LogP contribution in [0, 0.1) is 6.92 Å². The maximum absolute atomic E-state index is 13.3. The first-order valence-electron chi connectivity index (χ1n) is 9.28. The Morgan fingerprint density at radius 3 is 2.50 bits per heavy atom. The number of imide groups is 1. The van der Waals surface area contributed by atoms with Crippen LogP contribution < -0.4 is 10.1 Å². The lowest BCUT2D eigenvalue weighted by Gasteiger charge is -2.15. The lowest BCUT2D eigenvalue weighted by molar-refractivity contribution is -0.137. The van der Waals surface area contributed by atoms with Crippen LogP contribution in [0.3, 0.4) is 0 Å². The molecule has 2 amide bonds. The average molecular weight is 423 g/mol. The molecule has 1 aliphatic heterocycles.